The summed E-state index contributed by atoms with van der Waals surface area (Å²) in [5.74, 6) is -0.352. The van der Waals surface area contributed by atoms with Gasteiger partial charge in [-0.25, -0.2) is 9.37 Å². The first-order valence-electron chi connectivity index (χ1n) is 9.56. The fourth-order valence-electron chi connectivity index (χ4n) is 3.49. The summed E-state index contributed by atoms with van der Waals surface area (Å²) in [4.78, 5) is 21.4. The molecule has 1 amide bonds. The Labute approximate surface area is 163 Å². The minimum Gasteiger partial charge on any atom is -0.369 e. The Morgan fingerprint density at radius 3 is 2.50 bits per heavy atom. The lowest BCUT2D eigenvalue weighted by Crippen LogP contribution is -2.48. The number of hydrogen-bond acceptors (Lipinski definition) is 4. The molecule has 0 radical (unpaired) electrons. The van der Waals surface area contributed by atoms with Crippen LogP contribution in [0.15, 0.2) is 60.7 Å². The van der Waals surface area contributed by atoms with Crippen LogP contribution in [-0.2, 0) is 0 Å². The number of pyridine rings is 1. The van der Waals surface area contributed by atoms with Gasteiger partial charge in [-0.15, -0.1) is 0 Å². The molecule has 6 heteroatoms. The summed E-state index contributed by atoms with van der Waals surface area (Å²) < 4.78 is 13.1. The van der Waals surface area contributed by atoms with Gasteiger partial charge in [0, 0.05) is 50.3 Å². The average molecular weight is 378 g/mol. The number of carbonyl (C=O) groups is 1. The van der Waals surface area contributed by atoms with Crippen molar-refractivity contribution < 1.29 is 9.18 Å². The monoisotopic (exact) mass is 378 g/mol. The number of amides is 1. The van der Waals surface area contributed by atoms with Crippen LogP contribution in [0.2, 0.25) is 0 Å². The molecule has 3 aromatic rings. The van der Waals surface area contributed by atoms with Crippen LogP contribution in [-0.4, -0.2) is 55.1 Å². The number of halogens is 1. The molecule has 144 valence electrons. The van der Waals surface area contributed by atoms with E-state index in [9.17, 15) is 9.18 Å². The number of para-hydroxylation sites is 1. The summed E-state index contributed by atoms with van der Waals surface area (Å²) in [6.07, 6.45) is 0. The SMILES string of the molecule is O=C(NCCN1CCN(c2ccc(F)cc2)CC1)c1ccc2ccccc2n1. The second-order valence-electron chi connectivity index (χ2n) is 6.95. The Hall–Kier alpha value is -2.99. The van der Waals surface area contributed by atoms with E-state index < -0.39 is 0 Å². The predicted molar refractivity (Wildman–Crippen MR) is 109 cm³/mol. The number of benzene rings is 2. The Morgan fingerprint density at radius 2 is 1.71 bits per heavy atom. The fourth-order valence-corrected chi connectivity index (χ4v) is 3.49. The highest BCUT2D eigenvalue weighted by Gasteiger charge is 2.17. The van der Waals surface area contributed by atoms with Crippen LogP contribution in [0, 0.1) is 5.82 Å². The number of fused-ring (bicyclic) bond motifs is 1. The number of rotatable bonds is 5. The molecule has 1 aliphatic heterocycles. The minimum absolute atomic E-state index is 0.143. The average Bonchev–Trinajstić information content (AvgIpc) is 2.74. The molecule has 4 rings (SSSR count). The summed E-state index contributed by atoms with van der Waals surface area (Å²) in [5.41, 5.74) is 2.32. The van der Waals surface area contributed by atoms with E-state index in [0.717, 1.165) is 49.3 Å². The van der Waals surface area contributed by atoms with Crippen LogP contribution in [0.4, 0.5) is 10.1 Å². The zero-order valence-electron chi connectivity index (χ0n) is 15.6. The predicted octanol–water partition coefficient (Wildman–Crippen LogP) is 2.93. The van der Waals surface area contributed by atoms with Crippen molar-refractivity contribution in [3.8, 4) is 0 Å². The van der Waals surface area contributed by atoms with Crippen molar-refractivity contribution in [2.45, 2.75) is 0 Å². The van der Waals surface area contributed by atoms with Gasteiger partial charge in [0.1, 0.15) is 11.5 Å². The summed E-state index contributed by atoms with van der Waals surface area (Å²) in [6, 6.07) is 18.1. The molecule has 5 nitrogen and oxygen atoms in total. The van der Waals surface area contributed by atoms with E-state index in [4.69, 9.17) is 0 Å². The van der Waals surface area contributed by atoms with Crippen molar-refractivity contribution in [2.24, 2.45) is 0 Å². The highest BCUT2D eigenvalue weighted by atomic mass is 19.1. The molecule has 2 aromatic carbocycles. The van der Waals surface area contributed by atoms with E-state index in [-0.39, 0.29) is 11.7 Å². The lowest BCUT2D eigenvalue weighted by molar-refractivity contribution is 0.0943. The summed E-state index contributed by atoms with van der Waals surface area (Å²) >= 11 is 0. The standard InChI is InChI=1S/C22H23FN4O/c23-18-6-8-19(9-7-18)27-15-13-26(14-16-27)12-11-24-22(28)21-10-5-17-3-1-2-4-20(17)25-21/h1-10H,11-16H2,(H,24,28). The first-order chi connectivity index (χ1) is 13.7. The van der Waals surface area contributed by atoms with Gasteiger partial charge >= 0.3 is 0 Å². The van der Waals surface area contributed by atoms with Gasteiger partial charge in [0.25, 0.3) is 5.91 Å². The Bertz CT molecular complexity index is 952. The molecule has 2 heterocycles. The number of nitrogens with one attached hydrogen (secondary N) is 1. The van der Waals surface area contributed by atoms with Crippen molar-refractivity contribution in [1.82, 2.24) is 15.2 Å². The van der Waals surface area contributed by atoms with Gasteiger partial charge in [0.15, 0.2) is 0 Å². The zero-order valence-corrected chi connectivity index (χ0v) is 15.6. The van der Waals surface area contributed by atoms with Gasteiger partial charge < -0.3 is 10.2 Å². The minimum atomic E-state index is -0.209. The molecule has 1 fully saturated rings. The third-order valence-corrected chi connectivity index (χ3v) is 5.11. The summed E-state index contributed by atoms with van der Waals surface area (Å²) in [6.45, 7) is 5.01. The van der Waals surface area contributed by atoms with Crippen molar-refractivity contribution in [2.75, 3.05) is 44.2 Å². The van der Waals surface area contributed by atoms with Gasteiger partial charge in [-0.05, 0) is 36.4 Å². The fraction of sp³-hybridized carbons (Fsp3) is 0.273. The molecule has 1 saturated heterocycles. The summed E-state index contributed by atoms with van der Waals surface area (Å²) in [5, 5.41) is 3.99. The molecular formula is C22H23FN4O. The number of nitrogens with zero attached hydrogens (tertiary/aromatic N) is 3. The van der Waals surface area contributed by atoms with Crippen LogP contribution < -0.4 is 10.2 Å². The van der Waals surface area contributed by atoms with Crippen LogP contribution in [0.25, 0.3) is 10.9 Å². The van der Waals surface area contributed by atoms with E-state index in [0.29, 0.717) is 12.2 Å². The number of aromatic nitrogens is 1. The lowest BCUT2D eigenvalue weighted by atomic mass is 10.2. The molecular weight excluding hydrogens is 355 g/mol. The van der Waals surface area contributed by atoms with Crippen LogP contribution in [0.1, 0.15) is 10.5 Å². The van der Waals surface area contributed by atoms with Crippen molar-refractivity contribution in [3.05, 3.63) is 72.2 Å². The third-order valence-electron chi connectivity index (χ3n) is 5.11. The van der Waals surface area contributed by atoms with E-state index in [1.54, 1.807) is 6.07 Å². The number of anilines is 1. The number of piperazine rings is 1. The van der Waals surface area contributed by atoms with Gasteiger partial charge in [0.05, 0.1) is 5.52 Å². The van der Waals surface area contributed by atoms with Crippen LogP contribution in [0.5, 0.6) is 0 Å². The maximum Gasteiger partial charge on any atom is 0.269 e. The topological polar surface area (TPSA) is 48.5 Å². The Kier molecular flexibility index (Phi) is 5.48. The Balaban J connectivity index is 1.24. The summed E-state index contributed by atoms with van der Waals surface area (Å²) in [7, 11) is 0. The molecule has 0 spiro atoms. The molecule has 1 N–H and O–H groups in total. The molecule has 0 bridgehead atoms. The largest absolute Gasteiger partial charge is 0.369 e. The van der Waals surface area contributed by atoms with Crippen LogP contribution >= 0.6 is 0 Å². The third kappa shape index (κ3) is 4.28. The molecule has 0 saturated carbocycles. The number of carbonyl (C=O) groups excluding carboxylic acids is 1. The molecule has 0 atom stereocenters. The molecule has 0 unspecified atom stereocenters. The molecule has 0 aliphatic carbocycles. The van der Waals surface area contributed by atoms with E-state index in [1.807, 2.05) is 42.5 Å². The second kappa shape index (κ2) is 8.35. The van der Waals surface area contributed by atoms with Gasteiger partial charge in [-0.1, -0.05) is 24.3 Å². The maximum atomic E-state index is 13.1. The first-order valence-corrected chi connectivity index (χ1v) is 9.56. The Morgan fingerprint density at radius 1 is 0.964 bits per heavy atom. The van der Waals surface area contributed by atoms with Gasteiger partial charge in [-0.2, -0.15) is 0 Å². The number of hydrogen-bond donors (Lipinski definition) is 1. The lowest BCUT2D eigenvalue weighted by Gasteiger charge is -2.36. The second-order valence-corrected chi connectivity index (χ2v) is 6.95. The van der Waals surface area contributed by atoms with Gasteiger partial charge in [-0.3, -0.25) is 9.69 Å². The molecule has 28 heavy (non-hydrogen) atoms. The first kappa shape index (κ1) is 18.4. The van der Waals surface area contributed by atoms with Crippen molar-refractivity contribution >= 4 is 22.5 Å². The van der Waals surface area contributed by atoms with E-state index >= 15 is 0 Å². The highest BCUT2D eigenvalue weighted by Crippen LogP contribution is 2.16. The van der Waals surface area contributed by atoms with Crippen molar-refractivity contribution in [1.29, 1.82) is 0 Å². The van der Waals surface area contributed by atoms with Crippen molar-refractivity contribution in [3.63, 3.8) is 0 Å². The highest BCUT2D eigenvalue weighted by molar-refractivity contribution is 5.94. The normalized spacial score (nSPS) is 15.0. The zero-order chi connectivity index (χ0) is 19.3. The quantitative estimate of drug-likeness (QED) is 0.742. The van der Waals surface area contributed by atoms with Crippen LogP contribution in [0.3, 0.4) is 0 Å². The smallest absolute Gasteiger partial charge is 0.269 e. The van der Waals surface area contributed by atoms with E-state index in [1.165, 1.54) is 12.1 Å². The molecule has 1 aliphatic rings. The maximum absolute atomic E-state index is 13.1. The molecule has 1 aromatic heterocycles. The van der Waals surface area contributed by atoms with Gasteiger partial charge in [0.2, 0.25) is 0 Å². The van der Waals surface area contributed by atoms with E-state index in [2.05, 4.69) is 20.1 Å².